The Morgan fingerprint density at radius 1 is 1.36 bits per heavy atom. The SMILES string of the molecule is CC(Sc1nnc(-c2cccs2)n1N)C(=O)Nc1ccc(Cl)c(C(F)(F)F)c1. The first kappa shape index (κ1) is 20.5. The Bertz CT molecular complexity index is 991. The van der Waals surface area contributed by atoms with Crippen molar-refractivity contribution in [2.75, 3.05) is 11.2 Å². The Morgan fingerprint density at radius 3 is 2.75 bits per heavy atom. The molecule has 0 aliphatic heterocycles. The van der Waals surface area contributed by atoms with Crippen molar-refractivity contribution in [3.8, 4) is 10.7 Å². The molecule has 3 aromatic rings. The molecule has 6 nitrogen and oxygen atoms in total. The summed E-state index contributed by atoms with van der Waals surface area (Å²) >= 11 is 8.06. The molecule has 0 aliphatic carbocycles. The number of aromatic nitrogens is 3. The smallest absolute Gasteiger partial charge is 0.335 e. The number of nitrogen functional groups attached to an aromatic ring is 1. The van der Waals surface area contributed by atoms with E-state index >= 15 is 0 Å². The first-order chi connectivity index (χ1) is 13.2. The molecule has 0 saturated carbocycles. The monoisotopic (exact) mass is 447 g/mol. The van der Waals surface area contributed by atoms with Gasteiger partial charge in [0, 0.05) is 5.69 Å². The van der Waals surface area contributed by atoms with Crippen molar-refractivity contribution in [1.82, 2.24) is 14.9 Å². The van der Waals surface area contributed by atoms with Crippen LogP contribution < -0.4 is 11.2 Å². The van der Waals surface area contributed by atoms with Crippen LogP contribution >= 0.6 is 34.7 Å². The van der Waals surface area contributed by atoms with Crippen LogP contribution in [0.2, 0.25) is 5.02 Å². The summed E-state index contributed by atoms with van der Waals surface area (Å²) in [5.41, 5.74) is -1.03. The van der Waals surface area contributed by atoms with Crippen LogP contribution in [0, 0.1) is 0 Å². The molecule has 0 saturated heterocycles. The minimum absolute atomic E-state index is 0.0114. The van der Waals surface area contributed by atoms with E-state index in [0.29, 0.717) is 11.0 Å². The number of thioether (sulfide) groups is 1. The maximum absolute atomic E-state index is 12.9. The second-order valence-corrected chi connectivity index (χ2v) is 8.26. The van der Waals surface area contributed by atoms with Gasteiger partial charge in [0.1, 0.15) is 0 Å². The number of alkyl halides is 3. The normalized spacial score (nSPS) is 12.8. The molecule has 1 aromatic carbocycles. The number of nitrogens with zero attached hydrogens (tertiary/aromatic N) is 3. The molecule has 28 heavy (non-hydrogen) atoms. The Hall–Kier alpha value is -2.24. The number of carbonyl (C=O) groups is 1. The van der Waals surface area contributed by atoms with Gasteiger partial charge in [-0.2, -0.15) is 13.2 Å². The van der Waals surface area contributed by atoms with Gasteiger partial charge in [0.15, 0.2) is 5.82 Å². The van der Waals surface area contributed by atoms with Crippen molar-refractivity contribution in [3.63, 3.8) is 0 Å². The number of carbonyl (C=O) groups excluding carboxylic acids is 1. The van der Waals surface area contributed by atoms with Gasteiger partial charge in [-0.1, -0.05) is 29.4 Å². The summed E-state index contributed by atoms with van der Waals surface area (Å²) < 4.78 is 40.1. The Morgan fingerprint density at radius 2 is 2.11 bits per heavy atom. The average molecular weight is 448 g/mol. The third kappa shape index (κ3) is 4.42. The highest BCUT2D eigenvalue weighted by Crippen LogP contribution is 2.36. The molecule has 3 rings (SSSR count). The summed E-state index contributed by atoms with van der Waals surface area (Å²) in [4.78, 5) is 13.2. The molecule has 0 fully saturated rings. The number of rotatable bonds is 5. The highest BCUT2D eigenvalue weighted by Gasteiger charge is 2.33. The molecule has 12 heteroatoms. The first-order valence-corrected chi connectivity index (χ1v) is 9.89. The van der Waals surface area contributed by atoms with Crippen molar-refractivity contribution in [2.24, 2.45) is 0 Å². The van der Waals surface area contributed by atoms with Crippen molar-refractivity contribution < 1.29 is 18.0 Å². The van der Waals surface area contributed by atoms with Crippen LogP contribution in [-0.2, 0) is 11.0 Å². The fraction of sp³-hybridized carbons (Fsp3) is 0.188. The summed E-state index contributed by atoms with van der Waals surface area (Å²) in [6, 6.07) is 6.85. The molecule has 0 spiro atoms. The predicted octanol–water partition coefficient (Wildman–Crippen LogP) is 4.51. The number of thiophene rings is 1. The van der Waals surface area contributed by atoms with Crippen molar-refractivity contribution in [1.29, 1.82) is 0 Å². The molecule has 3 N–H and O–H groups in total. The molecule has 148 valence electrons. The van der Waals surface area contributed by atoms with Crippen molar-refractivity contribution in [2.45, 2.75) is 23.5 Å². The molecular weight excluding hydrogens is 435 g/mol. The standard InChI is InChI=1S/C16H13ClF3N5OS2/c1-8(28-15-24-23-13(25(15)21)12-3-2-6-27-12)14(26)22-9-4-5-11(17)10(7-9)16(18,19)20/h2-8H,21H2,1H3,(H,22,26). The number of hydrogen-bond donors (Lipinski definition) is 2. The van der Waals surface area contributed by atoms with Crippen LogP contribution in [0.15, 0.2) is 40.9 Å². The van der Waals surface area contributed by atoms with E-state index in [1.165, 1.54) is 22.1 Å². The summed E-state index contributed by atoms with van der Waals surface area (Å²) in [6.45, 7) is 1.58. The highest BCUT2D eigenvalue weighted by molar-refractivity contribution is 8.00. The van der Waals surface area contributed by atoms with Crippen LogP contribution in [0.5, 0.6) is 0 Å². The number of nitrogens with two attached hydrogens (primary N) is 1. The van der Waals surface area contributed by atoms with Gasteiger partial charge in [-0.3, -0.25) is 4.79 Å². The largest absolute Gasteiger partial charge is 0.417 e. The highest BCUT2D eigenvalue weighted by atomic mass is 35.5. The molecule has 1 atom stereocenters. The quantitative estimate of drug-likeness (QED) is 0.444. The lowest BCUT2D eigenvalue weighted by molar-refractivity contribution is -0.137. The molecule has 2 heterocycles. The topological polar surface area (TPSA) is 85.8 Å². The second kappa shape index (κ2) is 8.02. The lowest BCUT2D eigenvalue weighted by Crippen LogP contribution is -2.24. The van der Waals surface area contributed by atoms with Gasteiger partial charge in [-0.25, -0.2) is 4.68 Å². The van der Waals surface area contributed by atoms with Gasteiger partial charge < -0.3 is 11.2 Å². The van der Waals surface area contributed by atoms with E-state index in [-0.39, 0.29) is 5.69 Å². The fourth-order valence-corrected chi connectivity index (χ4v) is 3.91. The number of amides is 1. The van der Waals surface area contributed by atoms with Gasteiger partial charge in [0.05, 0.1) is 20.7 Å². The van der Waals surface area contributed by atoms with Gasteiger partial charge >= 0.3 is 6.18 Å². The van der Waals surface area contributed by atoms with Crippen LogP contribution in [0.25, 0.3) is 10.7 Å². The van der Waals surface area contributed by atoms with Gasteiger partial charge in [-0.05, 0) is 36.6 Å². The zero-order valence-electron chi connectivity index (χ0n) is 14.2. The van der Waals surface area contributed by atoms with Crippen LogP contribution in [0.4, 0.5) is 18.9 Å². The van der Waals surface area contributed by atoms with Crippen molar-refractivity contribution >= 4 is 46.3 Å². The minimum Gasteiger partial charge on any atom is -0.335 e. The minimum atomic E-state index is -4.62. The van der Waals surface area contributed by atoms with E-state index in [2.05, 4.69) is 15.5 Å². The zero-order valence-corrected chi connectivity index (χ0v) is 16.6. The van der Waals surface area contributed by atoms with Gasteiger partial charge in [-0.15, -0.1) is 21.5 Å². The second-order valence-electron chi connectivity index (χ2n) is 5.60. The molecule has 0 radical (unpaired) electrons. The van der Waals surface area contributed by atoms with Crippen LogP contribution in [0.3, 0.4) is 0 Å². The molecule has 0 aliphatic rings. The lowest BCUT2D eigenvalue weighted by atomic mass is 10.2. The van der Waals surface area contributed by atoms with E-state index in [0.717, 1.165) is 28.8 Å². The number of benzene rings is 1. The van der Waals surface area contributed by atoms with E-state index in [9.17, 15) is 18.0 Å². The Balaban J connectivity index is 1.71. The third-order valence-corrected chi connectivity index (χ3v) is 5.85. The number of halogens is 4. The Labute approximate surface area is 170 Å². The van der Waals surface area contributed by atoms with E-state index in [1.807, 2.05) is 17.5 Å². The summed E-state index contributed by atoms with van der Waals surface area (Å²) in [6.07, 6.45) is -4.62. The third-order valence-electron chi connectivity index (χ3n) is 3.60. The fourth-order valence-electron chi connectivity index (χ4n) is 2.21. The van der Waals surface area contributed by atoms with E-state index in [1.54, 1.807) is 6.92 Å². The van der Waals surface area contributed by atoms with E-state index < -0.39 is 27.9 Å². The molecule has 2 aromatic heterocycles. The van der Waals surface area contributed by atoms with Crippen molar-refractivity contribution in [3.05, 3.63) is 46.3 Å². The summed E-state index contributed by atoms with van der Waals surface area (Å²) in [7, 11) is 0. The van der Waals surface area contributed by atoms with Gasteiger partial charge in [0.2, 0.25) is 11.1 Å². The predicted molar refractivity (Wildman–Crippen MR) is 104 cm³/mol. The van der Waals surface area contributed by atoms with Crippen LogP contribution in [0.1, 0.15) is 12.5 Å². The first-order valence-electron chi connectivity index (χ1n) is 7.75. The van der Waals surface area contributed by atoms with Crippen LogP contribution in [-0.4, -0.2) is 26.0 Å². The zero-order chi connectivity index (χ0) is 20.5. The number of hydrogen-bond acceptors (Lipinski definition) is 6. The lowest BCUT2D eigenvalue weighted by Gasteiger charge is -2.14. The number of anilines is 1. The average Bonchev–Trinajstić information content (AvgIpc) is 3.26. The number of nitrogens with one attached hydrogen (secondary N) is 1. The summed E-state index contributed by atoms with van der Waals surface area (Å²) in [5, 5.41) is 11.5. The maximum Gasteiger partial charge on any atom is 0.417 e. The molecular formula is C16H13ClF3N5OS2. The molecule has 1 amide bonds. The van der Waals surface area contributed by atoms with Gasteiger partial charge in [0.25, 0.3) is 0 Å². The Kier molecular flexibility index (Phi) is 5.87. The maximum atomic E-state index is 12.9. The molecule has 1 unspecified atom stereocenters. The van der Waals surface area contributed by atoms with E-state index in [4.69, 9.17) is 17.4 Å². The molecule has 0 bridgehead atoms. The summed E-state index contributed by atoms with van der Waals surface area (Å²) in [5.74, 6) is 5.93.